The quantitative estimate of drug-likeness (QED) is 0.473. The number of esters is 1. The third kappa shape index (κ3) is 4.56. The number of nitrogens with one attached hydrogen (secondary N) is 2. The number of primary amides is 1. The Morgan fingerprint density at radius 1 is 1.41 bits per heavy atom. The fourth-order valence-corrected chi connectivity index (χ4v) is 1.17. The zero-order chi connectivity index (χ0) is 12.7. The summed E-state index contributed by atoms with van der Waals surface area (Å²) in [5, 5.41) is 5.45. The molecule has 0 saturated carbocycles. The largest absolute Gasteiger partial charge is 0.463 e. The van der Waals surface area contributed by atoms with Gasteiger partial charge in [0, 0.05) is 13.1 Å². The molecule has 0 aromatic carbocycles. The van der Waals surface area contributed by atoms with Crippen LogP contribution in [0.2, 0.25) is 0 Å². The maximum absolute atomic E-state index is 11.1. The number of hydrogen-bond donors (Lipinski definition) is 3. The van der Waals surface area contributed by atoms with Gasteiger partial charge in [0.25, 0.3) is 0 Å². The fraction of sp³-hybridized carbons (Fsp3) is 0.400. The van der Waals surface area contributed by atoms with Crippen molar-refractivity contribution in [1.82, 2.24) is 10.6 Å². The van der Waals surface area contributed by atoms with Gasteiger partial charge in [-0.2, -0.15) is 0 Å². The molecule has 0 aliphatic carbocycles. The SMILES string of the molecule is COC(=O)c1ccc(CNCCNC(N)=O)o1. The normalized spacial score (nSPS) is 9.94. The topological polar surface area (TPSA) is 107 Å². The van der Waals surface area contributed by atoms with E-state index >= 15 is 0 Å². The molecular formula is C10H15N3O4. The van der Waals surface area contributed by atoms with Crippen LogP contribution < -0.4 is 16.4 Å². The monoisotopic (exact) mass is 241 g/mol. The molecule has 0 atom stereocenters. The van der Waals surface area contributed by atoms with E-state index < -0.39 is 12.0 Å². The summed E-state index contributed by atoms with van der Waals surface area (Å²) in [5.41, 5.74) is 4.89. The van der Waals surface area contributed by atoms with E-state index in [1.807, 2.05) is 0 Å². The van der Waals surface area contributed by atoms with Crippen molar-refractivity contribution in [1.29, 1.82) is 0 Å². The molecule has 0 aliphatic rings. The van der Waals surface area contributed by atoms with Gasteiger partial charge in [0.2, 0.25) is 5.76 Å². The first-order valence-corrected chi connectivity index (χ1v) is 5.04. The van der Waals surface area contributed by atoms with Gasteiger partial charge in [0.15, 0.2) is 0 Å². The molecule has 94 valence electrons. The Morgan fingerprint density at radius 3 is 2.82 bits per heavy atom. The summed E-state index contributed by atoms with van der Waals surface area (Å²) in [4.78, 5) is 21.4. The standard InChI is InChI=1S/C10H15N3O4/c1-16-9(14)8-3-2-7(17-8)6-12-4-5-13-10(11)15/h2-3,12H,4-6H2,1H3,(H3,11,13,15). The van der Waals surface area contributed by atoms with Crippen molar-refractivity contribution in [3.8, 4) is 0 Å². The molecule has 0 fully saturated rings. The lowest BCUT2D eigenvalue weighted by atomic mass is 10.4. The number of rotatable bonds is 6. The Bertz CT molecular complexity index is 389. The number of methoxy groups -OCH3 is 1. The number of amides is 2. The van der Waals surface area contributed by atoms with Crippen molar-refractivity contribution in [2.45, 2.75) is 6.54 Å². The lowest BCUT2D eigenvalue weighted by molar-refractivity contribution is 0.0563. The molecule has 1 aromatic heterocycles. The maximum Gasteiger partial charge on any atom is 0.373 e. The van der Waals surface area contributed by atoms with Crippen molar-refractivity contribution in [3.63, 3.8) is 0 Å². The van der Waals surface area contributed by atoms with E-state index in [0.29, 0.717) is 25.4 Å². The molecule has 0 radical (unpaired) electrons. The molecule has 0 bridgehead atoms. The summed E-state index contributed by atoms with van der Waals surface area (Å²) in [6.45, 7) is 1.44. The highest BCUT2D eigenvalue weighted by Crippen LogP contribution is 2.08. The second-order valence-electron chi connectivity index (χ2n) is 3.23. The van der Waals surface area contributed by atoms with Crippen molar-refractivity contribution >= 4 is 12.0 Å². The van der Waals surface area contributed by atoms with Gasteiger partial charge in [0.05, 0.1) is 13.7 Å². The van der Waals surface area contributed by atoms with Gasteiger partial charge in [-0.15, -0.1) is 0 Å². The van der Waals surface area contributed by atoms with Crippen LogP contribution in [-0.4, -0.2) is 32.2 Å². The van der Waals surface area contributed by atoms with E-state index in [1.54, 1.807) is 12.1 Å². The second-order valence-corrected chi connectivity index (χ2v) is 3.23. The zero-order valence-electron chi connectivity index (χ0n) is 9.49. The van der Waals surface area contributed by atoms with Crippen molar-refractivity contribution < 1.29 is 18.7 Å². The van der Waals surface area contributed by atoms with Gasteiger partial charge in [-0.05, 0) is 12.1 Å². The van der Waals surface area contributed by atoms with E-state index in [4.69, 9.17) is 10.2 Å². The number of ether oxygens (including phenoxy) is 1. The smallest absolute Gasteiger partial charge is 0.373 e. The minimum atomic E-state index is -0.558. The molecule has 4 N–H and O–H groups in total. The first kappa shape index (κ1) is 13.0. The molecule has 1 aromatic rings. The lowest BCUT2D eigenvalue weighted by Gasteiger charge is -2.02. The highest BCUT2D eigenvalue weighted by Gasteiger charge is 2.10. The van der Waals surface area contributed by atoms with Gasteiger partial charge in [-0.25, -0.2) is 9.59 Å². The number of nitrogens with two attached hydrogens (primary N) is 1. The van der Waals surface area contributed by atoms with Crippen LogP contribution in [0, 0.1) is 0 Å². The molecule has 0 saturated heterocycles. The Kier molecular flexibility index (Phi) is 5.02. The van der Waals surface area contributed by atoms with Crippen LogP contribution >= 0.6 is 0 Å². The van der Waals surface area contributed by atoms with Gasteiger partial charge in [-0.3, -0.25) is 0 Å². The molecule has 0 spiro atoms. The van der Waals surface area contributed by atoms with Crippen LogP contribution in [0.5, 0.6) is 0 Å². The average molecular weight is 241 g/mol. The molecule has 1 heterocycles. The molecule has 7 heteroatoms. The number of furan rings is 1. The van der Waals surface area contributed by atoms with Crippen LogP contribution in [0.1, 0.15) is 16.3 Å². The zero-order valence-corrected chi connectivity index (χ0v) is 9.49. The molecule has 0 unspecified atom stereocenters. The Hall–Kier alpha value is -2.02. The second kappa shape index (κ2) is 6.54. The van der Waals surface area contributed by atoms with Gasteiger partial charge in [-0.1, -0.05) is 0 Å². The fourth-order valence-electron chi connectivity index (χ4n) is 1.17. The minimum absolute atomic E-state index is 0.166. The van der Waals surface area contributed by atoms with Gasteiger partial charge >= 0.3 is 12.0 Å². The van der Waals surface area contributed by atoms with Gasteiger partial charge in [0.1, 0.15) is 5.76 Å². The summed E-state index contributed by atoms with van der Waals surface area (Å²) in [7, 11) is 1.29. The van der Waals surface area contributed by atoms with E-state index in [0.717, 1.165) is 0 Å². The van der Waals surface area contributed by atoms with Crippen LogP contribution in [-0.2, 0) is 11.3 Å². The van der Waals surface area contributed by atoms with E-state index in [2.05, 4.69) is 15.4 Å². The highest BCUT2D eigenvalue weighted by molar-refractivity contribution is 5.86. The molecule has 7 nitrogen and oxygen atoms in total. The summed E-state index contributed by atoms with van der Waals surface area (Å²) < 4.78 is 9.72. The van der Waals surface area contributed by atoms with Crippen LogP contribution in [0.15, 0.2) is 16.5 Å². The summed E-state index contributed by atoms with van der Waals surface area (Å²) in [6, 6.07) is 2.67. The van der Waals surface area contributed by atoms with Crippen molar-refractivity contribution in [2.75, 3.05) is 20.2 Å². The Balaban J connectivity index is 2.25. The Labute approximate surface area is 98.3 Å². The number of urea groups is 1. The predicted octanol–water partition coefficient (Wildman–Crippen LogP) is -0.176. The minimum Gasteiger partial charge on any atom is -0.463 e. The van der Waals surface area contributed by atoms with Crippen LogP contribution in [0.3, 0.4) is 0 Å². The maximum atomic E-state index is 11.1. The third-order valence-corrected chi connectivity index (χ3v) is 1.95. The van der Waals surface area contributed by atoms with E-state index in [-0.39, 0.29) is 5.76 Å². The van der Waals surface area contributed by atoms with Crippen LogP contribution in [0.4, 0.5) is 4.79 Å². The lowest BCUT2D eigenvalue weighted by Crippen LogP contribution is -2.35. The molecular weight excluding hydrogens is 226 g/mol. The number of carbonyl (C=O) groups is 2. The molecule has 17 heavy (non-hydrogen) atoms. The molecule has 2 amide bonds. The first-order valence-electron chi connectivity index (χ1n) is 5.04. The van der Waals surface area contributed by atoms with E-state index in [1.165, 1.54) is 7.11 Å². The first-order chi connectivity index (χ1) is 8.13. The highest BCUT2D eigenvalue weighted by atomic mass is 16.5. The Morgan fingerprint density at radius 2 is 2.18 bits per heavy atom. The molecule has 0 aliphatic heterocycles. The van der Waals surface area contributed by atoms with Crippen molar-refractivity contribution in [2.24, 2.45) is 5.73 Å². The van der Waals surface area contributed by atoms with Gasteiger partial charge < -0.3 is 25.5 Å². The number of hydrogen-bond acceptors (Lipinski definition) is 5. The van der Waals surface area contributed by atoms with E-state index in [9.17, 15) is 9.59 Å². The van der Waals surface area contributed by atoms with Crippen molar-refractivity contribution in [3.05, 3.63) is 23.7 Å². The van der Waals surface area contributed by atoms with Crippen LogP contribution in [0.25, 0.3) is 0 Å². The summed E-state index contributed by atoms with van der Waals surface area (Å²) >= 11 is 0. The summed E-state index contributed by atoms with van der Waals surface area (Å²) in [5.74, 6) is 0.274. The number of carbonyl (C=O) groups excluding carboxylic acids is 2. The summed E-state index contributed by atoms with van der Waals surface area (Å²) in [6.07, 6.45) is 0. The molecule has 1 rings (SSSR count). The third-order valence-electron chi connectivity index (χ3n) is 1.95. The average Bonchev–Trinajstić information content (AvgIpc) is 2.76. The predicted molar refractivity (Wildman–Crippen MR) is 59.3 cm³/mol.